The zero-order valence-corrected chi connectivity index (χ0v) is 10.4. The van der Waals surface area contributed by atoms with Crippen LogP contribution < -0.4 is 0 Å². The lowest BCUT2D eigenvalue weighted by molar-refractivity contribution is 0.115. The monoisotopic (exact) mass is 222 g/mol. The van der Waals surface area contributed by atoms with Crippen molar-refractivity contribution in [1.29, 1.82) is 0 Å². The smallest absolute Gasteiger partial charge is 0.151 e. The van der Waals surface area contributed by atoms with E-state index in [1.54, 1.807) is 33.8 Å². The summed E-state index contributed by atoms with van der Waals surface area (Å²) in [6.07, 6.45) is 0. The number of furan rings is 1. The first-order valence-electron chi connectivity index (χ1n) is 5.18. The molecule has 16 heavy (non-hydrogen) atoms. The van der Waals surface area contributed by atoms with Gasteiger partial charge in [-0.2, -0.15) is 0 Å². The van der Waals surface area contributed by atoms with Crippen molar-refractivity contribution < 1.29 is 14.6 Å². The highest BCUT2D eigenvalue weighted by molar-refractivity contribution is 5.35. The molecule has 0 bridgehead atoms. The predicted octanol–water partition coefficient (Wildman–Crippen LogP) is 1.88. The molecule has 0 spiro atoms. The number of hydrogen-bond acceptors (Lipinski definition) is 3. The van der Waals surface area contributed by atoms with E-state index in [-0.39, 0.29) is 0 Å². The van der Waals surface area contributed by atoms with Crippen molar-refractivity contribution in [2.45, 2.75) is 45.8 Å². The van der Waals surface area contributed by atoms with Gasteiger partial charge in [0.25, 0.3) is 0 Å². The van der Waals surface area contributed by atoms with Gasteiger partial charge in [0.2, 0.25) is 0 Å². The lowest BCUT2D eigenvalue weighted by Gasteiger charge is -2.16. The summed E-state index contributed by atoms with van der Waals surface area (Å²) in [6.45, 7) is 8.33. The van der Waals surface area contributed by atoms with Gasteiger partial charge in [0.05, 0.1) is 0 Å². The fourth-order valence-electron chi connectivity index (χ4n) is 1.46. The third-order valence-corrected chi connectivity index (χ3v) is 2.18. The highest BCUT2D eigenvalue weighted by Gasteiger charge is 2.25. The van der Waals surface area contributed by atoms with Crippen molar-refractivity contribution in [2.24, 2.45) is 0 Å². The summed E-state index contributed by atoms with van der Waals surface area (Å²) in [4.78, 5) is 0. The normalized spacial score (nSPS) is 15.2. The van der Waals surface area contributed by atoms with Gasteiger partial charge < -0.3 is 14.6 Å². The average Bonchev–Trinajstić information content (AvgIpc) is 2.42. The van der Waals surface area contributed by atoms with Gasteiger partial charge in [-0.1, -0.05) is 11.8 Å². The van der Waals surface area contributed by atoms with Crippen LogP contribution in [-0.2, 0) is 5.60 Å². The highest BCUT2D eigenvalue weighted by Crippen LogP contribution is 2.26. The van der Waals surface area contributed by atoms with E-state index in [1.807, 2.05) is 6.92 Å². The molecule has 0 aliphatic carbocycles. The fourth-order valence-corrected chi connectivity index (χ4v) is 1.46. The van der Waals surface area contributed by atoms with Gasteiger partial charge in [-0.3, -0.25) is 0 Å². The first-order chi connectivity index (χ1) is 7.12. The molecule has 88 valence electrons. The molecule has 1 aromatic heterocycles. The van der Waals surface area contributed by atoms with E-state index in [9.17, 15) is 10.2 Å². The van der Waals surface area contributed by atoms with Crippen LogP contribution in [0.15, 0.2) is 10.5 Å². The Balaban J connectivity index is 3.10. The van der Waals surface area contributed by atoms with Gasteiger partial charge in [-0.15, -0.1) is 0 Å². The second kappa shape index (κ2) is 3.97. The van der Waals surface area contributed by atoms with Crippen molar-refractivity contribution >= 4 is 0 Å². The Morgan fingerprint density at radius 2 is 1.69 bits per heavy atom. The summed E-state index contributed by atoms with van der Waals surface area (Å²) in [5.74, 6) is 6.66. The molecule has 0 saturated heterocycles. The molecule has 0 aliphatic rings. The lowest BCUT2D eigenvalue weighted by Crippen LogP contribution is -2.22. The third-order valence-electron chi connectivity index (χ3n) is 2.18. The summed E-state index contributed by atoms with van der Waals surface area (Å²) in [5.41, 5.74) is -1.78. The van der Waals surface area contributed by atoms with Crippen molar-refractivity contribution in [2.75, 3.05) is 0 Å². The van der Waals surface area contributed by atoms with Crippen molar-refractivity contribution in [1.82, 2.24) is 0 Å². The first-order valence-corrected chi connectivity index (χ1v) is 5.18. The molecule has 0 saturated carbocycles. The van der Waals surface area contributed by atoms with Gasteiger partial charge in [-0.25, -0.2) is 0 Å². The van der Waals surface area contributed by atoms with Gasteiger partial charge >= 0.3 is 0 Å². The van der Waals surface area contributed by atoms with Crippen LogP contribution in [0.2, 0.25) is 0 Å². The van der Waals surface area contributed by atoms with Gasteiger partial charge in [0.1, 0.15) is 17.1 Å². The average molecular weight is 222 g/mol. The van der Waals surface area contributed by atoms with Crippen LogP contribution in [0.4, 0.5) is 0 Å². The molecule has 2 N–H and O–H groups in total. The van der Waals surface area contributed by atoms with Gasteiger partial charge in [0.15, 0.2) is 5.60 Å². The maximum absolute atomic E-state index is 10.2. The first kappa shape index (κ1) is 12.8. The Kier molecular flexibility index (Phi) is 3.18. The standard InChI is InChI=1S/C13H18O3/c1-9-8-11(10(2)16-9)13(5,15)7-6-12(3,4)14/h8,14-15H,1-5H3. The molecule has 1 rings (SSSR count). The lowest BCUT2D eigenvalue weighted by atomic mass is 9.95. The number of aliphatic hydroxyl groups is 2. The predicted molar refractivity (Wildman–Crippen MR) is 61.8 cm³/mol. The molecule has 1 heterocycles. The van der Waals surface area contributed by atoms with Crippen LogP contribution in [0.1, 0.15) is 37.9 Å². The summed E-state index contributed by atoms with van der Waals surface area (Å²) in [6, 6.07) is 1.76. The molecule has 0 aromatic carbocycles. The maximum atomic E-state index is 10.2. The topological polar surface area (TPSA) is 53.6 Å². The Labute approximate surface area is 96.1 Å². The van der Waals surface area contributed by atoms with Crippen molar-refractivity contribution in [3.63, 3.8) is 0 Å². The Hall–Kier alpha value is -1.24. The molecule has 0 amide bonds. The molecule has 1 unspecified atom stereocenters. The number of hydrogen-bond donors (Lipinski definition) is 2. The summed E-state index contributed by atoms with van der Waals surface area (Å²) < 4.78 is 5.34. The zero-order valence-electron chi connectivity index (χ0n) is 10.4. The number of rotatable bonds is 1. The summed E-state index contributed by atoms with van der Waals surface area (Å²) >= 11 is 0. The quantitative estimate of drug-likeness (QED) is 0.713. The Morgan fingerprint density at radius 3 is 2.06 bits per heavy atom. The van der Waals surface area contributed by atoms with Crippen LogP contribution >= 0.6 is 0 Å². The van der Waals surface area contributed by atoms with Crippen LogP contribution in [0.25, 0.3) is 0 Å². The Morgan fingerprint density at radius 1 is 1.12 bits per heavy atom. The highest BCUT2D eigenvalue weighted by atomic mass is 16.3. The van der Waals surface area contributed by atoms with E-state index in [1.165, 1.54) is 0 Å². The summed E-state index contributed by atoms with van der Waals surface area (Å²) in [5, 5.41) is 19.7. The molecule has 3 nitrogen and oxygen atoms in total. The molecule has 0 aliphatic heterocycles. The molecule has 3 heteroatoms. The molecule has 0 radical (unpaired) electrons. The minimum absolute atomic E-state index is 0.641. The van der Waals surface area contributed by atoms with E-state index in [0.29, 0.717) is 11.3 Å². The molecule has 1 aromatic rings. The summed E-state index contributed by atoms with van der Waals surface area (Å²) in [7, 11) is 0. The minimum atomic E-state index is -1.30. The van der Waals surface area contributed by atoms with E-state index in [2.05, 4.69) is 11.8 Å². The van der Waals surface area contributed by atoms with E-state index in [4.69, 9.17) is 4.42 Å². The van der Waals surface area contributed by atoms with Gasteiger partial charge in [0, 0.05) is 5.56 Å². The fraction of sp³-hybridized carbons (Fsp3) is 0.538. The van der Waals surface area contributed by atoms with Crippen molar-refractivity contribution in [3.05, 3.63) is 23.2 Å². The molecular weight excluding hydrogens is 204 g/mol. The van der Waals surface area contributed by atoms with Crippen LogP contribution in [0, 0.1) is 25.7 Å². The van der Waals surface area contributed by atoms with Crippen molar-refractivity contribution in [3.8, 4) is 11.8 Å². The third kappa shape index (κ3) is 3.13. The molecular formula is C13H18O3. The van der Waals surface area contributed by atoms with E-state index < -0.39 is 11.2 Å². The maximum Gasteiger partial charge on any atom is 0.151 e. The van der Waals surface area contributed by atoms with Crippen LogP contribution in [0.5, 0.6) is 0 Å². The second-order valence-corrected chi connectivity index (χ2v) is 4.71. The minimum Gasteiger partial charge on any atom is -0.466 e. The molecule has 0 fully saturated rings. The second-order valence-electron chi connectivity index (χ2n) is 4.71. The van der Waals surface area contributed by atoms with Gasteiger partial charge in [-0.05, 0) is 40.7 Å². The SMILES string of the molecule is Cc1cc(C(C)(O)C#CC(C)(C)O)c(C)o1. The largest absolute Gasteiger partial charge is 0.466 e. The van der Waals surface area contributed by atoms with E-state index >= 15 is 0 Å². The Bertz CT molecular complexity index is 436. The van der Waals surface area contributed by atoms with Crippen LogP contribution in [-0.4, -0.2) is 15.8 Å². The zero-order chi connectivity index (χ0) is 12.6. The van der Waals surface area contributed by atoms with Crippen LogP contribution in [0.3, 0.4) is 0 Å². The number of aryl methyl sites for hydroxylation is 2. The van der Waals surface area contributed by atoms with E-state index in [0.717, 1.165) is 5.76 Å². The molecule has 1 atom stereocenters.